The quantitative estimate of drug-likeness (QED) is 0.735. The monoisotopic (exact) mass is 208 g/mol. The van der Waals surface area contributed by atoms with E-state index in [-0.39, 0.29) is 0 Å². The Balaban J connectivity index is 1.36. The molecule has 2 nitrogen and oxygen atoms in total. The van der Waals surface area contributed by atoms with Crippen LogP contribution < -0.4 is 10.6 Å². The first-order valence-electron chi connectivity index (χ1n) is 6.86. The van der Waals surface area contributed by atoms with E-state index in [1.54, 1.807) is 0 Å². The zero-order chi connectivity index (χ0) is 10.1. The van der Waals surface area contributed by atoms with Crippen molar-refractivity contribution in [2.75, 3.05) is 19.6 Å². The second-order valence-corrected chi connectivity index (χ2v) is 5.88. The predicted octanol–water partition coefficient (Wildman–Crippen LogP) is 1.76. The van der Waals surface area contributed by atoms with Crippen molar-refractivity contribution in [1.82, 2.24) is 10.6 Å². The van der Waals surface area contributed by atoms with Gasteiger partial charge in [-0.2, -0.15) is 0 Å². The third-order valence-electron chi connectivity index (χ3n) is 4.86. The lowest BCUT2D eigenvalue weighted by molar-refractivity contribution is 0.341. The highest BCUT2D eigenvalue weighted by atomic mass is 14.9. The largest absolute Gasteiger partial charge is 0.316 e. The SMILES string of the molecule is C1CC(CCNC2CC3CCC2C3)CN1. The van der Waals surface area contributed by atoms with E-state index in [2.05, 4.69) is 10.6 Å². The van der Waals surface area contributed by atoms with Crippen molar-refractivity contribution in [1.29, 1.82) is 0 Å². The van der Waals surface area contributed by atoms with Crippen LogP contribution in [0.2, 0.25) is 0 Å². The maximum Gasteiger partial charge on any atom is 0.00980 e. The van der Waals surface area contributed by atoms with E-state index in [0.717, 1.165) is 23.8 Å². The van der Waals surface area contributed by atoms with Gasteiger partial charge in [-0.25, -0.2) is 0 Å². The molecule has 0 aromatic carbocycles. The van der Waals surface area contributed by atoms with E-state index in [1.165, 1.54) is 58.2 Å². The minimum absolute atomic E-state index is 0.887. The molecule has 0 radical (unpaired) electrons. The van der Waals surface area contributed by atoms with Gasteiger partial charge in [-0.05, 0) is 69.5 Å². The van der Waals surface area contributed by atoms with Crippen LogP contribution in [-0.4, -0.2) is 25.7 Å². The van der Waals surface area contributed by atoms with Gasteiger partial charge in [0, 0.05) is 6.04 Å². The van der Waals surface area contributed by atoms with Gasteiger partial charge in [-0.3, -0.25) is 0 Å². The Labute approximate surface area is 93.2 Å². The van der Waals surface area contributed by atoms with Crippen molar-refractivity contribution in [3.8, 4) is 0 Å². The van der Waals surface area contributed by atoms with Gasteiger partial charge in [0.05, 0.1) is 0 Å². The fourth-order valence-corrected chi connectivity index (χ4v) is 3.93. The van der Waals surface area contributed by atoms with Gasteiger partial charge in [0.25, 0.3) is 0 Å². The van der Waals surface area contributed by atoms with Crippen LogP contribution in [0.3, 0.4) is 0 Å². The zero-order valence-electron chi connectivity index (χ0n) is 9.67. The molecule has 1 aliphatic heterocycles. The summed E-state index contributed by atoms with van der Waals surface area (Å²) in [6.07, 6.45) is 8.83. The fraction of sp³-hybridized carbons (Fsp3) is 1.00. The van der Waals surface area contributed by atoms with Crippen molar-refractivity contribution >= 4 is 0 Å². The summed E-state index contributed by atoms with van der Waals surface area (Å²) in [4.78, 5) is 0. The molecule has 0 amide bonds. The average Bonchev–Trinajstić information content (AvgIpc) is 2.93. The van der Waals surface area contributed by atoms with Gasteiger partial charge in [0.15, 0.2) is 0 Å². The van der Waals surface area contributed by atoms with E-state index in [9.17, 15) is 0 Å². The van der Waals surface area contributed by atoms with Gasteiger partial charge in [-0.15, -0.1) is 0 Å². The lowest BCUT2D eigenvalue weighted by atomic mass is 9.95. The standard InChI is InChI=1S/C13H24N2/c1-2-12-7-11(1)8-13(12)15-6-4-10-3-5-14-9-10/h10-15H,1-9H2. The number of hydrogen-bond acceptors (Lipinski definition) is 2. The molecule has 0 aromatic heterocycles. The predicted molar refractivity (Wildman–Crippen MR) is 62.8 cm³/mol. The number of fused-ring (bicyclic) bond motifs is 2. The third kappa shape index (κ3) is 2.21. The smallest absolute Gasteiger partial charge is 0.00980 e. The molecule has 1 saturated heterocycles. The highest BCUT2D eigenvalue weighted by Crippen LogP contribution is 2.44. The summed E-state index contributed by atoms with van der Waals surface area (Å²) in [5.41, 5.74) is 0. The summed E-state index contributed by atoms with van der Waals surface area (Å²) < 4.78 is 0. The summed E-state index contributed by atoms with van der Waals surface area (Å²) in [7, 11) is 0. The van der Waals surface area contributed by atoms with Crippen LogP contribution in [0, 0.1) is 17.8 Å². The second kappa shape index (κ2) is 4.42. The molecule has 86 valence electrons. The Bertz CT molecular complexity index is 211. The van der Waals surface area contributed by atoms with Gasteiger partial charge >= 0.3 is 0 Å². The maximum atomic E-state index is 3.81. The van der Waals surface area contributed by atoms with E-state index >= 15 is 0 Å². The molecule has 15 heavy (non-hydrogen) atoms. The van der Waals surface area contributed by atoms with Crippen LogP contribution in [0.25, 0.3) is 0 Å². The van der Waals surface area contributed by atoms with E-state index in [1.807, 2.05) is 0 Å². The number of hydrogen-bond donors (Lipinski definition) is 2. The van der Waals surface area contributed by atoms with Crippen LogP contribution in [0.5, 0.6) is 0 Å². The highest BCUT2D eigenvalue weighted by molar-refractivity contribution is 4.94. The van der Waals surface area contributed by atoms with Crippen molar-refractivity contribution in [3.63, 3.8) is 0 Å². The van der Waals surface area contributed by atoms with Crippen LogP contribution >= 0.6 is 0 Å². The van der Waals surface area contributed by atoms with Crippen LogP contribution in [-0.2, 0) is 0 Å². The molecule has 2 heteroatoms. The van der Waals surface area contributed by atoms with Gasteiger partial charge in [0.1, 0.15) is 0 Å². The molecule has 4 unspecified atom stereocenters. The third-order valence-corrected chi connectivity index (χ3v) is 4.86. The molecule has 0 aromatic rings. The molecule has 3 fully saturated rings. The molecule has 3 aliphatic rings. The normalized spacial score (nSPS) is 44.0. The summed E-state index contributed by atoms with van der Waals surface area (Å²) in [6.45, 7) is 3.78. The molecule has 2 bridgehead atoms. The Morgan fingerprint density at radius 1 is 1.13 bits per heavy atom. The van der Waals surface area contributed by atoms with Crippen LogP contribution in [0.15, 0.2) is 0 Å². The summed E-state index contributed by atoms with van der Waals surface area (Å²) in [5.74, 6) is 3.08. The van der Waals surface area contributed by atoms with Crippen LogP contribution in [0.4, 0.5) is 0 Å². The summed E-state index contributed by atoms with van der Waals surface area (Å²) >= 11 is 0. The Morgan fingerprint density at radius 2 is 2.13 bits per heavy atom. The topological polar surface area (TPSA) is 24.1 Å². The van der Waals surface area contributed by atoms with Crippen molar-refractivity contribution in [2.24, 2.45) is 17.8 Å². The second-order valence-electron chi connectivity index (χ2n) is 5.88. The van der Waals surface area contributed by atoms with E-state index in [0.29, 0.717) is 0 Å². The average molecular weight is 208 g/mol. The summed E-state index contributed by atoms with van der Waals surface area (Å²) in [6, 6.07) is 0.887. The molecule has 2 N–H and O–H groups in total. The maximum absolute atomic E-state index is 3.81. The lowest BCUT2D eigenvalue weighted by Gasteiger charge is -2.23. The molecule has 2 saturated carbocycles. The molecule has 3 rings (SSSR count). The minimum atomic E-state index is 0.887. The van der Waals surface area contributed by atoms with Gasteiger partial charge in [-0.1, -0.05) is 6.42 Å². The minimum Gasteiger partial charge on any atom is -0.316 e. The molecule has 0 spiro atoms. The van der Waals surface area contributed by atoms with E-state index < -0.39 is 0 Å². The summed E-state index contributed by atoms with van der Waals surface area (Å²) in [5, 5.41) is 7.26. The molecule has 4 atom stereocenters. The molecule has 2 aliphatic carbocycles. The van der Waals surface area contributed by atoms with Crippen molar-refractivity contribution in [3.05, 3.63) is 0 Å². The molecular formula is C13H24N2. The first kappa shape index (κ1) is 10.1. The van der Waals surface area contributed by atoms with Crippen molar-refractivity contribution < 1.29 is 0 Å². The van der Waals surface area contributed by atoms with Crippen LogP contribution in [0.1, 0.15) is 38.5 Å². The first-order chi connectivity index (χ1) is 7.42. The Hall–Kier alpha value is -0.0800. The zero-order valence-corrected chi connectivity index (χ0v) is 9.67. The number of nitrogens with one attached hydrogen (secondary N) is 2. The first-order valence-corrected chi connectivity index (χ1v) is 6.86. The molecular weight excluding hydrogens is 184 g/mol. The number of rotatable bonds is 4. The van der Waals surface area contributed by atoms with Gasteiger partial charge < -0.3 is 10.6 Å². The highest BCUT2D eigenvalue weighted by Gasteiger charge is 2.38. The van der Waals surface area contributed by atoms with Gasteiger partial charge in [0.2, 0.25) is 0 Å². The fourth-order valence-electron chi connectivity index (χ4n) is 3.93. The Morgan fingerprint density at radius 3 is 2.80 bits per heavy atom. The van der Waals surface area contributed by atoms with E-state index in [4.69, 9.17) is 0 Å². The Kier molecular flexibility index (Phi) is 2.98. The lowest BCUT2D eigenvalue weighted by Crippen LogP contribution is -2.35. The molecule has 1 heterocycles. The van der Waals surface area contributed by atoms with Crippen molar-refractivity contribution in [2.45, 2.75) is 44.6 Å².